The van der Waals surface area contributed by atoms with Crippen LogP contribution in [0.1, 0.15) is 40.0 Å². The van der Waals surface area contributed by atoms with Crippen molar-refractivity contribution in [3.05, 3.63) is 24.3 Å². The van der Waals surface area contributed by atoms with Gasteiger partial charge >= 0.3 is 0 Å². The summed E-state index contributed by atoms with van der Waals surface area (Å²) in [6.45, 7) is 5.06. The second-order valence-corrected chi connectivity index (χ2v) is 6.35. The third-order valence-corrected chi connectivity index (χ3v) is 4.05. The van der Waals surface area contributed by atoms with Gasteiger partial charge in [0.15, 0.2) is 0 Å². The first-order valence-corrected chi connectivity index (χ1v) is 8.57. The molecule has 2 amide bonds. The van der Waals surface area contributed by atoms with E-state index in [1.165, 1.54) is 6.92 Å². The summed E-state index contributed by atoms with van der Waals surface area (Å²) in [7, 11) is 0. The average Bonchev–Trinajstić information content (AvgIpc) is 2.55. The number of carbonyl (C=O) groups excluding carboxylic acids is 2. The van der Waals surface area contributed by atoms with Crippen LogP contribution in [0.15, 0.2) is 24.3 Å². The molecule has 6 N–H and O–H groups in total. The summed E-state index contributed by atoms with van der Waals surface area (Å²) in [4.78, 5) is 22.7. The Balaban J connectivity index is 4.13. The van der Waals surface area contributed by atoms with Crippen molar-refractivity contribution >= 4 is 11.8 Å². The molecule has 7 heteroatoms. The number of primary amides is 1. The smallest absolute Gasteiger partial charge is 0.222 e. The van der Waals surface area contributed by atoms with E-state index in [0.29, 0.717) is 12.8 Å². The van der Waals surface area contributed by atoms with E-state index < -0.39 is 36.0 Å². The highest BCUT2D eigenvalue weighted by atomic mass is 16.3. The Bertz CT molecular complexity index is 464. The maximum Gasteiger partial charge on any atom is 0.222 e. The van der Waals surface area contributed by atoms with Gasteiger partial charge in [-0.2, -0.15) is 0 Å². The van der Waals surface area contributed by atoms with Crippen LogP contribution in [0.4, 0.5) is 0 Å². The molecule has 144 valence electrons. The summed E-state index contributed by atoms with van der Waals surface area (Å²) in [6.07, 6.45) is 5.80. The number of rotatable bonds is 12. The number of hydrogen-bond donors (Lipinski definition) is 5. The highest BCUT2D eigenvalue weighted by Crippen LogP contribution is 2.13. The number of allylic oxidation sites excluding steroid dienone is 2. The van der Waals surface area contributed by atoms with Crippen molar-refractivity contribution < 1.29 is 24.9 Å². The molecule has 5 unspecified atom stereocenters. The van der Waals surface area contributed by atoms with Crippen molar-refractivity contribution in [2.24, 2.45) is 17.6 Å². The summed E-state index contributed by atoms with van der Waals surface area (Å²) in [5.74, 6) is -1.92. The Morgan fingerprint density at radius 3 is 2.24 bits per heavy atom. The first-order valence-electron chi connectivity index (χ1n) is 8.57. The minimum atomic E-state index is -1.05. The summed E-state index contributed by atoms with van der Waals surface area (Å²) >= 11 is 0. The number of hydrogen-bond acceptors (Lipinski definition) is 5. The fourth-order valence-electron chi connectivity index (χ4n) is 2.05. The largest absolute Gasteiger partial charge is 0.392 e. The molecule has 0 aliphatic rings. The topological polar surface area (TPSA) is 133 Å². The monoisotopic (exact) mass is 356 g/mol. The van der Waals surface area contributed by atoms with E-state index in [9.17, 15) is 24.9 Å². The molecule has 0 spiro atoms. The molecule has 0 aromatic rings. The van der Waals surface area contributed by atoms with Crippen molar-refractivity contribution in [2.75, 3.05) is 6.54 Å². The predicted octanol–water partition coefficient (Wildman–Crippen LogP) is 0.245. The molecule has 0 rings (SSSR count). The Morgan fingerprint density at radius 2 is 1.68 bits per heavy atom. The molecule has 7 nitrogen and oxygen atoms in total. The Hall–Kier alpha value is -1.70. The minimum Gasteiger partial charge on any atom is -0.392 e. The highest BCUT2D eigenvalue weighted by Gasteiger charge is 2.21. The van der Waals surface area contributed by atoms with Crippen molar-refractivity contribution in [3.8, 4) is 0 Å². The van der Waals surface area contributed by atoms with Crippen LogP contribution < -0.4 is 11.1 Å². The fourth-order valence-corrected chi connectivity index (χ4v) is 2.05. The predicted molar refractivity (Wildman–Crippen MR) is 96.4 cm³/mol. The van der Waals surface area contributed by atoms with Crippen LogP contribution in [0.2, 0.25) is 0 Å². The lowest BCUT2D eigenvalue weighted by molar-refractivity contribution is -0.127. The van der Waals surface area contributed by atoms with Crippen molar-refractivity contribution in [1.29, 1.82) is 0 Å². The van der Waals surface area contributed by atoms with E-state index in [1.807, 2.05) is 26.0 Å². The summed E-state index contributed by atoms with van der Waals surface area (Å²) in [5, 5.41) is 31.8. The Kier molecular flexibility index (Phi) is 11.8. The molecule has 25 heavy (non-hydrogen) atoms. The van der Waals surface area contributed by atoms with Crippen LogP contribution in [0.5, 0.6) is 0 Å². The van der Waals surface area contributed by atoms with Gasteiger partial charge in [-0.15, -0.1) is 0 Å². The van der Waals surface area contributed by atoms with Gasteiger partial charge in [-0.1, -0.05) is 38.2 Å². The number of nitrogens with two attached hydrogens (primary N) is 1. The summed E-state index contributed by atoms with van der Waals surface area (Å²) in [6, 6.07) is 0. The third-order valence-electron chi connectivity index (χ3n) is 4.05. The molecule has 0 aliphatic heterocycles. The van der Waals surface area contributed by atoms with Gasteiger partial charge in [0.05, 0.1) is 30.7 Å². The molecule has 0 aromatic heterocycles. The third kappa shape index (κ3) is 10.7. The van der Waals surface area contributed by atoms with E-state index in [-0.39, 0.29) is 18.9 Å². The second kappa shape index (κ2) is 12.6. The van der Waals surface area contributed by atoms with E-state index in [0.717, 1.165) is 0 Å². The van der Waals surface area contributed by atoms with Crippen molar-refractivity contribution in [3.63, 3.8) is 0 Å². The molecule has 0 saturated carbocycles. The van der Waals surface area contributed by atoms with Gasteiger partial charge in [0.25, 0.3) is 0 Å². The first kappa shape index (κ1) is 23.3. The normalized spacial score (nSPS) is 18.0. The zero-order valence-electron chi connectivity index (χ0n) is 15.3. The zero-order valence-corrected chi connectivity index (χ0v) is 15.3. The van der Waals surface area contributed by atoms with Crippen LogP contribution in [0.25, 0.3) is 0 Å². The molecular weight excluding hydrogens is 324 g/mol. The average molecular weight is 356 g/mol. The van der Waals surface area contributed by atoms with E-state index in [1.54, 1.807) is 12.2 Å². The number of amides is 2. The van der Waals surface area contributed by atoms with Gasteiger partial charge in [-0.05, 0) is 25.7 Å². The second-order valence-electron chi connectivity index (χ2n) is 6.35. The maximum atomic E-state index is 11.8. The van der Waals surface area contributed by atoms with Crippen LogP contribution in [-0.4, -0.2) is 52.0 Å². The van der Waals surface area contributed by atoms with Gasteiger partial charge in [0.2, 0.25) is 11.8 Å². The molecule has 5 atom stereocenters. The summed E-state index contributed by atoms with van der Waals surface area (Å²) in [5.41, 5.74) is 5.08. The number of aliphatic hydroxyl groups is 3. The lowest BCUT2D eigenvalue weighted by Gasteiger charge is -2.19. The summed E-state index contributed by atoms with van der Waals surface area (Å²) < 4.78 is 0. The van der Waals surface area contributed by atoms with Crippen LogP contribution >= 0.6 is 0 Å². The van der Waals surface area contributed by atoms with Gasteiger partial charge in [0, 0.05) is 6.54 Å². The first-order chi connectivity index (χ1) is 11.7. The quantitative estimate of drug-likeness (QED) is 0.320. The molecule has 0 radical (unpaired) electrons. The molecule has 0 aliphatic carbocycles. The molecule has 0 fully saturated rings. The SMILES string of the molecule is C/C=C/C(O)C/C=C/CC(C)C(O)CC(=O)NCC(O)C(C)C(N)=O. The lowest BCUT2D eigenvalue weighted by atomic mass is 9.97. The Labute approximate surface area is 149 Å². The molecule has 0 saturated heterocycles. The van der Waals surface area contributed by atoms with Gasteiger partial charge in [0.1, 0.15) is 0 Å². The zero-order chi connectivity index (χ0) is 19.4. The van der Waals surface area contributed by atoms with Crippen molar-refractivity contribution in [1.82, 2.24) is 5.32 Å². The van der Waals surface area contributed by atoms with Gasteiger partial charge < -0.3 is 26.4 Å². The molecule has 0 aromatic carbocycles. The Morgan fingerprint density at radius 1 is 1.08 bits per heavy atom. The van der Waals surface area contributed by atoms with Crippen LogP contribution in [0.3, 0.4) is 0 Å². The minimum absolute atomic E-state index is 0.0894. The fraction of sp³-hybridized carbons (Fsp3) is 0.667. The van der Waals surface area contributed by atoms with Gasteiger partial charge in [-0.3, -0.25) is 9.59 Å². The molecular formula is C18H32N2O5. The standard InChI is InChI=1S/C18H32N2O5/c1-4-7-14(21)9-6-5-8-12(2)15(22)10-17(24)20-11-16(23)13(3)18(19)25/h4-7,12-16,21-23H,8-11H2,1-3H3,(H2,19,25)(H,20,24)/b6-5+,7-4+. The number of aliphatic hydroxyl groups excluding tert-OH is 3. The van der Waals surface area contributed by atoms with Crippen LogP contribution in [-0.2, 0) is 9.59 Å². The molecule has 0 bridgehead atoms. The number of nitrogens with one attached hydrogen (secondary N) is 1. The van der Waals surface area contributed by atoms with Crippen molar-refractivity contribution in [2.45, 2.75) is 58.3 Å². The maximum absolute atomic E-state index is 11.8. The highest BCUT2D eigenvalue weighted by molar-refractivity contribution is 5.78. The number of carbonyl (C=O) groups is 2. The lowest BCUT2D eigenvalue weighted by Crippen LogP contribution is -2.41. The van der Waals surface area contributed by atoms with E-state index >= 15 is 0 Å². The van der Waals surface area contributed by atoms with E-state index in [2.05, 4.69) is 5.32 Å². The van der Waals surface area contributed by atoms with E-state index in [4.69, 9.17) is 5.73 Å². The molecule has 0 heterocycles. The van der Waals surface area contributed by atoms with Gasteiger partial charge in [-0.25, -0.2) is 0 Å². The van der Waals surface area contributed by atoms with Crippen LogP contribution in [0, 0.1) is 11.8 Å².